The summed E-state index contributed by atoms with van der Waals surface area (Å²) in [6.07, 6.45) is 2.00. The van der Waals surface area contributed by atoms with Crippen LogP contribution < -0.4 is 4.90 Å². The number of ketones is 1. The zero-order valence-corrected chi connectivity index (χ0v) is 26.1. The second-order valence-corrected chi connectivity index (χ2v) is 12.2. The molecule has 7 aromatic carbocycles. The van der Waals surface area contributed by atoms with Gasteiger partial charge in [0, 0.05) is 22.6 Å². The van der Waals surface area contributed by atoms with E-state index in [1.54, 1.807) is 0 Å². The van der Waals surface area contributed by atoms with Gasteiger partial charge in [-0.3, -0.25) is 4.79 Å². The van der Waals surface area contributed by atoms with Crippen molar-refractivity contribution in [3.8, 4) is 0 Å². The van der Waals surface area contributed by atoms with E-state index < -0.39 is 0 Å². The number of hydrogen-bond donors (Lipinski definition) is 0. The van der Waals surface area contributed by atoms with Crippen LogP contribution >= 0.6 is 0 Å². The summed E-state index contributed by atoms with van der Waals surface area (Å²) in [4.78, 5) is 15.9. The molecule has 45 heavy (non-hydrogen) atoms. The molecule has 7 aromatic rings. The van der Waals surface area contributed by atoms with E-state index in [1.165, 1.54) is 21.9 Å². The van der Waals surface area contributed by atoms with Crippen LogP contribution in [0.4, 0.5) is 17.1 Å². The third-order valence-corrected chi connectivity index (χ3v) is 8.64. The minimum Gasteiger partial charge on any atom is -0.310 e. The number of allylic oxidation sites excluding steroid dienone is 1. The Morgan fingerprint density at radius 2 is 1.02 bits per heavy atom. The molecule has 0 aliphatic rings. The van der Waals surface area contributed by atoms with Gasteiger partial charge in [-0.25, -0.2) is 0 Å². The van der Waals surface area contributed by atoms with E-state index in [9.17, 15) is 4.79 Å². The monoisotopic (exact) mass is 581 g/mol. The van der Waals surface area contributed by atoms with Gasteiger partial charge < -0.3 is 4.90 Å². The minimum absolute atomic E-state index is 0.0631. The van der Waals surface area contributed by atoms with Crippen molar-refractivity contribution in [3.05, 3.63) is 167 Å². The van der Waals surface area contributed by atoms with Gasteiger partial charge in [0.25, 0.3) is 0 Å². The first-order valence-electron chi connectivity index (χ1n) is 15.5. The average molecular weight is 582 g/mol. The SMILES string of the molecule is CC(=Cc1ccc2cc(N(c3cc(C)cc(C)c3)c3ccc4ccccc4c3)ccc2c1)C(=O)c1cc2ccccc2cc1C. The van der Waals surface area contributed by atoms with Crippen molar-refractivity contribution in [3.63, 3.8) is 0 Å². The molecule has 0 aromatic heterocycles. The van der Waals surface area contributed by atoms with E-state index in [1.807, 2.05) is 38.1 Å². The fourth-order valence-electron chi connectivity index (χ4n) is 6.45. The molecular formula is C43H35NO. The predicted octanol–water partition coefficient (Wildman–Crippen LogP) is 11.8. The smallest absolute Gasteiger partial charge is 0.189 e. The lowest BCUT2D eigenvalue weighted by Gasteiger charge is -2.27. The van der Waals surface area contributed by atoms with E-state index in [0.717, 1.165) is 60.9 Å². The first kappa shape index (κ1) is 28.3. The van der Waals surface area contributed by atoms with Gasteiger partial charge in [-0.1, -0.05) is 84.9 Å². The molecule has 0 unspecified atom stereocenters. The summed E-state index contributed by atoms with van der Waals surface area (Å²) in [6.45, 7) is 8.23. The minimum atomic E-state index is 0.0631. The quantitative estimate of drug-likeness (QED) is 0.144. The second-order valence-electron chi connectivity index (χ2n) is 12.2. The van der Waals surface area contributed by atoms with Gasteiger partial charge in [-0.2, -0.15) is 0 Å². The summed E-state index contributed by atoms with van der Waals surface area (Å²) in [5.74, 6) is 0.0631. The first-order chi connectivity index (χ1) is 21.8. The van der Waals surface area contributed by atoms with Crippen molar-refractivity contribution >= 4 is 61.2 Å². The van der Waals surface area contributed by atoms with E-state index in [4.69, 9.17) is 0 Å². The van der Waals surface area contributed by atoms with Crippen molar-refractivity contribution < 1.29 is 4.79 Å². The maximum atomic E-state index is 13.5. The van der Waals surface area contributed by atoms with Gasteiger partial charge in [0.2, 0.25) is 0 Å². The number of carbonyl (C=O) groups excluding carboxylic acids is 1. The van der Waals surface area contributed by atoms with Crippen LogP contribution in [0.25, 0.3) is 38.4 Å². The molecule has 7 rings (SSSR count). The number of nitrogens with zero attached hydrogens (tertiary/aromatic N) is 1. The molecule has 2 heteroatoms. The second kappa shape index (κ2) is 11.6. The Kier molecular flexibility index (Phi) is 7.27. The van der Waals surface area contributed by atoms with Gasteiger partial charge in [0.05, 0.1) is 0 Å². The van der Waals surface area contributed by atoms with Crippen LogP contribution in [0.2, 0.25) is 0 Å². The zero-order chi connectivity index (χ0) is 31.1. The van der Waals surface area contributed by atoms with Gasteiger partial charge in [0.15, 0.2) is 5.78 Å². The fourth-order valence-corrected chi connectivity index (χ4v) is 6.45. The number of Topliss-reactive ketones (excluding diaryl/α,β-unsaturated/α-hetero) is 1. The maximum Gasteiger partial charge on any atom is 0.189 e. The highest BCUT2D eigenvalue weighted by Crippen LogP contribution is 2.38. The lowest BCUT2D eigenvalue weighted by molar-refractivity contribution is 0.103. The normalized spacial score (nSPS) is 11.8. The third-order valence-electron chi connectivity index (χ3n) is 8.64. The standard InChI is InChI=1S/C43H35NO/c1-28-19-29(2)21-41(20-28)44(39-17-15-33-9-5-6-11-35(33)25-39)40-18-16-37-24-32(13-14-38(37)26-40)22-31(4)43(45)42-27-36-12-8-7-10-34(36)23-30(42)3/h5-27H,1-4H3. The van der Waals surface area contributed by atoms with Crippen molar-refractivity contribution in [1.29, 1.82) is 0 Å². The summed E-state index contributed by atoms with van der Waals surface area (Å²) >= 11 is 0. The number of anilines is 3. The number of aryl methyl sites for hydroxylation is 3. The molecule has 0 atom stereocenters. The van der Waals surface area contributed by atoms with Crippen molar-refractivity contribution in [2.75, 3.05) is 4.90 Å². The summed E-state index contributed by atoms with van der Waals surface area (Å²) in [6, 6.07) is 47.2. The van der Waals surface area contributed by atoms with Crippen molar-refractivity contribution in [2.24, 2.45) is 0 Å². The van der Waals surface area contributed by atoms with E-state index >= 15 is 0 Å². The van der Waals surface area contributed by atoms with Crippen LogP contribution in [-0.2, 0) is 0 Å². The van der Waals surface area contributed by atoms with E-state index in [0.29, 0.717) is 0 Å². The Morgan fingerprint density at radius 1 is 0.511 bits per heavy atom. The Bertz CT molecular complexity index is 2270. The Balaban J connectivity index is 1.25. The Labute approximate surface area is 264 Å². The molecule has 0 spiro atoms. The van der Waals surface area contributed by atoms with Crippen LogP contribution in [0.15, 0.2) is 139 Å². The lowest BCUT2D eigenvalue weighted by atomic mass is 9.95. The van der Waals surface area contributed by atoms with E-state index in [-0.39, 0.29) is 5.78 Å². The summed E-state index contributed by atoms with van der Waals surface area (Å²) in [7, 11) is 0. The molecule has 0 aliphatic heterocycles. The molecule has 0 heterocycles. The Hall–Kier alpha value is -5.47. The molecule has 0 amide bonds. The highest BCUT2D eigenvalue weighted by atomic mass is 16.1. The van der Waals surface area contributed by atoms with E-state index in [2.05, 4.69) is 134 Å². The van der Waals surface area contributed by atoms with Crippen LogP contribution in [0, 0.1) is 20.8 Å². The molecule has 0 radical (unpaired) electrons. The fraction of sp³-hybridized carbons (Fsp3) is 0.0930. The molecule has 0 bridgehead atoms. The molecule has 218 valence electrons. The van der Waals surface area contributed by atoms with Gasteiger partial charge >= 0.3 is 0 Å². The summed E-state index contributed by atoms with van der Waals surface area (Å²) in [5, 5.41) is 6.96. The van der Waals surface area contributed by atoms with Crippen molar-refractivity contribution in [1.82, 2.24) is 0 Å². The molecule has 2 nitrogen and oxygen atoms in total. The number of benzene rings is 7. The number of carbonyl (C=O) groups is 1. The predicted molar refractivity (Wildman–Crippen MR) is 192 cm³/mol. The highest BCUT2D eigenvalue weighted by Gasteiger charge is 2.16. The summed E-state index contributed by atoms with van der Waals surface area (Å²) in [5.41, 5.74) is 9.32. The van der Waals surface area contributed by atoms with Gasteiger partial charge in [-0.15, -0.1) is 0 Å². The molecule has 0 N–H and O–H groups in total. The number of fused-ring (bicyclic) bond motifs is 3. The molecule has 0 aliphatic carbocycles. The summed E-state index contributed by atoms with van der Waals surface area (Å²) < 4.78 is 0. The zero-order valence-electron chi connectivity index (χ0n) is 26.1. The molecule has 0 saturated carbocycles. The van der Waals surface area contributed by atoms with Crippen LogP contribution in [-0.4, -0.2) is 5.78 Å². The van der Waals surface area contributed by atoms with Crippen LogP contribution in [0.5, 0.6) is 0 Å². The average Bonchev–Trinajstić information content (AvgIpc) is 3.03. The third kappa shape index (κ3) is 5.63. The lowest BCUT2D eigenvalue weighted by Crippen LogP contribution is -2.10. The van der Waals surface area contributed by atoms with Crippen LogP contribution in [0.1, 0.15) is 39.5 Å². The number of rotatable bonds is 6. The van der Waals surface area contributed by atoms with Gasteiger partial charge in [-0.05, 0) is 142 Å². The molecule has 0 saturated heterocycles. The largest absolute Gasteiger partial charge is 0.310 e. The Morgan fingerprint density at radius 3 is 1.69 bits per heavy atom. The highest BCUT2D eigenvalue weighted by molar-refractivity contribution is 6.13. The van der Waals surface area contributed by atoms with Gasteiger partial charge in [0.1, 0.15) is 0 Å². The number of hydrogen-bond acceptors (Lipinski definition) is 2. The molecular weight excluding hydrogens is 546 g/mol. The van der Waals surface area contributed by atoms with Crippen LogP contribution in [0.3, 0.4) is 0 Å². The van der Waals surface area contributed by atoms with Crippen molar-refractivity contribution in [2.45, 2.75) is 27.7 Å². The molecule has 0 fully saturated rings. The topological polar surface area (TPSA) is 20.3 Å². The first-order valence-corrected chi connectivity index (χ1v) is 15.5. The maximum absolute atomic E-state index is 13.5.